The monoisotopic (exact) mass is 298 g/mol. The molecule has 0 spiro atoms. The van der Waals surface area contributed by atoms with Crippen LogP contribution in [0.2, 0.25) is 0 Å². The van der Waals surface area contributed by atoms with E-state index in [1.54, 1.807) is 13.8 Å². The second kappa shape index (κ2) is 6.24. The van der Waals surface area contributed by atoms with Crippen LogP contribution in [0.5, 0.6) is 0 Å². The van der Waals surface area contributed by atoms with Gasteiger partial charge in [0.25, 0.3) is 0 Å². The molecule has 0 aliphatic carbocycles. The summed E-state index contributed by atoms with van der Waals surface area (Å²) in [6.45, 7) is 7.71. The van der Waals surface area contributed by atoms with E-state index in [-0.39, 0.29) is 0 Å². The van der Waals surface area contributed by atoms with Crippen molar-refractivity contribution in [3.8, 4) is 0 Å². The van der Waals surface area contributed by atoms with E-state index in [0.29, 0.717) is 5.92 Å². The van der Waals surface area contributed by atoms with Gasteiger partial charge in [-0.1, -0.05) is 38.1 Å². The van der Waals surface area contributed by atoms with Gasteiger partial charge in [-0.25, -0.2) is 8.42 Å². The summed E-state index contributed by atoms with van der Waals surface area (Å²) in [5.41, 5.74) is 4.77. The Labute approximate surface area is 122 Å². The fourth-order valence-corrected chi connectivity index (χ4v) is 2.92. The van der Waals surface area contributed by atoms with Crippen molar-refractivity contribution in [2.24, 2.45) is 11.8 Å². The molecule has 0 saturated carbocycles. The van der Waals surface area contributed by atoms with Crippen LogP contribution >= 0.6 is 0 Å². The highest BCUT2D eigenvalue weighted by Crippen LogP contribution is 2.32. The summed E-state index contributed by atoms with van der Waals surface area (Å²) in [5.74, 6) is 6.18. The van der Waals surface area contributed by atoms with Crippen molar-refractivity contribution in [1.29, 1.82) is 0 Å². The minimum Gasteiger partial charge on any atom is -0.271 e. The van der Waals surface area contributed by atoms with Crippen molar-refractivity contribution in [3.63, 3.8) is 0 Å². The molecule has 1 rings (SSSR count). The Morgan fingerprint density at radius 3 is 2.35 bits per heavy atom. The summed E-state index contributed by atoms with van der Waals surface area (Å²) in [4.78, 5) is 0. The first-order valence-corrected chi connectivity index (χ1v) is 8.73. The fourth-order valence-electron chi connectivity index (χ4n) is 2.28. The lowest BCUT2D eigenvalue weighted by molar-refractivity contribution is 0.427. The standard InChI is InChI=1S/C15H26N2O2S/c1-11(2)9-12-7-6-8-13(10-12)14(17-16)15(3,4)20(5,18)19/h6-8,10-11,14,17H,9,16H2,1-5H3. The number of nitrogens with two attached hydrogens (primary N) is 1. The number of nitrogens with one attached hydrogen (secondary N) is 1. The number of sulfone groups is 1. The Morgan fingerprint density at radius 1 is 1.30 bits per heavy atom. The molecule has 4 nitrogen and oxygen atoms in total. The molecule has 0 heterocycles. The van der Waals surface area contributed by atoms with Crippen LogP contribution in [-0.4, -0.2) is 19.4 Å². The van der Waals surface area contributed by atoms with Gasteiger partial charge in [-0.15, -0.1) is 0 Å². The molecule has 0 aromatic heterocycles. The molecule has 1 unspecified atom stereocenters. The van der Waals surface area contributed by atoms with Gasteiger partial charge in [0.2, 0.25) is 0 Å². The third-order valence-electron chi connectivity index (χ3n) is 3.75. The highest BCUT2D eigenvalue weighted by molar-refractivity contribution is 7.92. The Balaban J connectivity index is 3.20. The van der Waals surface area contributed by atoms with E-state index in [0.717, 1.165) is 12.0 Å². The van der Waals surface area contributed by atoms with Crippen LogP contribution in [-0.2, 0) is 16.3 Å². The normalized spacial score (nSPS) is 14.6. The van der Waals surface area contributed by atoms with Gasteiger partial charge < -0.3 is 0 Å². The summed E-state index contributed by atoms with van der Waals surface area (Å²) in [6.07, 6.45) is 2.21. The molecule has 1 atom stereocenters. The Bertz CT molecular complexity index is 551. The molecule has 0 saturated heterocycles. The maximum absolute atomic E-state index is 12.0. The first-order chi connectivity index (χ1) is 9.09. The summed E-state index contributed by atoms with van der Waals surface area (Å²) >= 11 is 0. The second-order valence-corrected chi connectivity index (χ2v) is 8.91. The molecular formula is C15H26N2O2S. The minimum atomic E-state index is -3.24. The molecule has 0 aliphatic rings. The predicted octanol–water partition coefficient (Wildman–Crippen LogP) is 2.21. The Hall–Kier alpha value is -0.910. The molecule has 0 radical (unpaired) electrons. The minimum absolute atomic E-state index is 0.440. The van der Waals surface area contributed by atoms with Crippen molar-refractivity contribution >= 4 is 9.84 Å². The molecule has 0 bridgehead atoms. The smallest absolute Gasteiger partial charge is 0.154 e. The zero-order valence-corrected chi connectivity index (χ0v) is 13.8. The number of hydrogen-bond donors (Lipinski definition) is 2. The zero-order valence-electron chi connectivity index (χ0n) is 13.0. The lowest BCUT2D eigenvalue weighted by atomic mass is 9.92. The van der Waals surface area contributed by atoms with Gasteiger partial charge in [0.1, 0.15) is 0 Å². The third kappa shape index (κ3) is 3.81. The summed E-state index contributed by atoms with van der Waals surface area (Å²) in [6, 6.07) is 7.53. The molecule has 0 fully saturated rings. The Morgan fingerprint density at radius 2 is 1.90 bits per heavy atom. The average molecular weight is 298 g/mol. The van der Waals surface area contributed by atoms with E-state index >= 15 is 0 Å². The van der Waals surface area contributed by atoms with Gasteiger partial charge in [0, 0.05) is 6.26 Å². The molecule has 1 aromatic rings. The first-order valence-electron chi connectivity index (χ1n) is 6.84. The van der Waals surface area contributed by atoms with Crippen LogP contribution in [0, 0.1) is 5.92 Å². The molecule has 0 aliphatic heterocycles. The highest BCUT2D eigenvalue weighted by atomic mass is 32.2. The summed E-state index contributed by atoms with van der Waals surface area (Å²) in [5, 5.41) is 0. The first kappa shape index (κ1) is 17.1. The van der Waals surface area contributed by atoms with Gasteiger partial charge in [0.15, 0.2) is 9.84 Å². The van der Waals surface area contributed by atoms with Gasteiger partial charge >= 0.3 is 0 Å². The van der Waals surface area contributed by atoms with Crippen molar-refractivity contribution in [3.05, 3.63) is 35.4 Å². The maximum atomic E-state index is 12.0. The molecule has 3 N–H and O–H groups in total. The second-order valence-electron chi connectivity index (χ2n) is 6.32. The van der Waals surface area contributed by atoms with Crippen LogP contribution in [0.15, 0.2) is 24.3 Å². The van der Waals surface area contributed by atoms with E-state index in [2.05, 4.69) is 25.3 Å². The number of hydrazine groups is 1. The lowest BCUT2D eigenvalue weighted by Crippen LogP contribution is -2.47. The largest absolute Gasteiger partial charge is 0.271 e. The van der Waals surface area contributed by atoms with Crippen molar-refractivity contribution < 1.29 is 8.42 Å². The predicted molar refractivity (Wildman–Crippen MR) is 84.0 cm³/mol. The highest BCUT2D eigenvalue weighted by Gasteiger charge is 2.39. The van der Waals surface area contributed by atoms with E-state index in [4.69, 9.17) is 5.84 Å². The number of benzene rings is 1. The van der Waals surface area contributed by atoms with Crippen molar-refractivity contribution in [2.75, 3.05) is 6.26 Å². The third-order valence-corrected chi connectivity index (χ3v) is 5.89. The zero-order chi connectivity index (χ0) is 15.6. The Kier molecular flexibility index (Phi) is 5.35. The maximum Gasteiger partial charge on any atom is 0.154 e. The lowest BCUT2D eigenvalue weighted by Gasteiger charge is -2.32. The van der Waals surface area contributed by atoms with E-state index in [1.165, 1.54) is 11.8 Å². The van der Waals surface area contributed by atoms with E-state index in [1.807, 2.05) is 18.2 Å². The quantitative estimate of drug-likeness (QED) is 0.624. The van der Waals surface area contributed by atoms with Crippen LogP contribution in [0.4, 0.5) is 0 Å². The van der Waals surface area contributed by atoms with Crippen molar-refractivity contribution in [1.82, 2.24) is 5.43 Å². The fraction of sp³-hybridized carbons (Fsp3) is 0.600. The molecule has 0 amide bonds. The van der Waals surface area contributed by atoms with Crippen molar-refractivity contribution in [2.45, 2.75) is 44.9 Å². The SMILES string of the molecule is CC(C)Cc1cccc(C(NN)C(C)(C)S(C)(=O)=O)c1. The van der Waals surface area contributed by atoms with E-state index < -0.39 is 20.6 Å². The van der Waals surface area contributed by atoms with Crippen LogP contribution in [0.25, 0.3) is 0 Å². The number of rotatable bonds is 6. The van der Waals surface area contributed by atoms with Crippen LogP contribution < -0.4 is 11.3 Å². The topological polar surface area (TPSA) is 72.2 Å². The van der Waals surface area contributed by atoms with Crippen LogP contribution in [0.1, 0.15) is 44.9 Å². The van der Waals surface area contributed by atoms with Gasteiger partial charge in [0.05, 0.1) is 10.8 Å². The van der Waals surface area contributed by atoms with Gasteiger partial charge in [-0.05, 0) is 37.3 Å². The molecule has 5 heteroatoms. The number of hydrogen-bond acceptors (Lipinski definition) is 4. The average Bonchev–Trinajstić information content (AvgIpc) is 2.27. The van der Waals surface area contributed by atoms with Gasteiger partial charge in [-0.3, -0.25) is 11.3 Å². The molecule has 114 valence electrons. The van der Waals surface area contributed by atoms with Crippen LogP contribution in [0.3, 0.4) is 0 Å². The van der Waals surface area contributed by atoms with E-state index in [9.17, 15) is 8.42 Å². The molecular weight excluding hydrogens is 272 g/mol. The molecule has 20 heavy (non-hydrogen) atoms. The van der Waals surface area contributed by atoms with Gasteiger partial charge in [-0.2, -0.15) is 0 Å². The molecule has 1 aromatic carbocycles. The summed E-state index contributed by atoms with van der Waals surface area (Å²) in [7, 11) is -3.24. The summed E-state index contributed by atoms with van der Waals surface area (Å²) < 4.78 is 23.0.